The van der Waals surface area contributed by atoms with Crippen molar-refractivity contribution >= 4 is 74.6 Å². The Morgan fingerprint density at radius 3 is 2.10 bits per heavy atom. The maximum absolute atomic E-state index is 14.4. The quantitative estimate of drug-likeness (QED) is 0.0756. The number of aliphatic carboxylic acids is 4. The molecule has 0 radical (unpaired) electrons. The monoisotopic (exact) mass is 927 g/mol. The lowest BCUT2D eigenvalue weighted by Crippen LogP contribution is -2.42. The van der Waals surface area contributed by atoms with Crippen molar-refractivity contribution in [1.82, 2.24) is 9.80 Å². The summed E-state index contributed by atoms with van der Waals surface area (Å²) in [5.41, 5.74) is -0.498. The number of carboxylic acids is 4. The summed E-state index contributed by atoms with van der Waals surface area (Å²) in [7, 11) is 1.84. The van der Waals surface area contributed by atoms with E-state index < -0.39 is 65.6 Å². The van der Waals surface area contributed by atoms with Crippen LogP contribution in [0.2, 0.25) is 10.0 Å². The number of carbonyl (C=O) groups is 5. The zero-order chi connectivity index (χ0) is 46.6. The van der Waals surface area contributed by atoms with Crippen molar-refractivity contribution in [1.29, 1.82) is 5.26 Å². The van der Waals surface area contributed by atoms with Gasteiger partial charge in [0.15, 0.2) is 5.60 Å². The molecule has 19 heteroatoms. The van der Waals surface area contributed by atoms with E-state index in [4.69, 9.17) is 53.1 Å². The second kappa shape index (κ2) is 22.5. The van der Waals surface area contributed by atoms with Crippen LogP contribution in [-0.4, -0.2) is 128 Å². The number of fused-ring (bicyclic) bond motifs is 1. The second-order valence-corrected chi connectivity index (χ2v) is 17.0. The van der Waals surface area contributed by atoms with E-state index in [1.165, 1.54) is 12.0 Å². The largest absolute Gasteiger partial charge is 0.497 e. The first-order valence-corrected chi connectivity index (χ1v) is 21.7. The van der Waals surface area contributed by atoms with E-state index in [0.717, 1.165) is 42.0 Å². The van der Waals surface area contributed by atoms with Crippen molar-refractivity contribution in [3.05, 3.63) is 99.0 Å². The SMILES string of the molecule is COc1ccc(C2CCN(CCC(CN(CC(=O)O)C(=O)c3c(OC)c(C#N)cc4ccccc34)c3ccc(Cl)c(Cl)c3)CC2)c(S(C)=O)c1.O=C(O)CC(O)(CC(=O)O)C(=O)O. The number of halogens is 2. The Labute approximate surface area is 375 Å². The number of benzene rings is 4. The lowest BCUT2D eigenvalue weighted by Gasteiger charge is -2.34. The topological polar surface area (TPSA) is 252 Å². The van der Waals surface area contributed by atoms with Gasteiger partial charge < -0.3 is 44.8 Å². The number of hydrogen-bond acceptors (Lipinski definition) is 11. The van der Waals surface area contributed by atoms with Gasteiger partial charge in [0, 0.05) is 23.6 Å². The summed E-state index contributed by atoms with van der Waals surface area (Å²) >= 11 is 12.7. The fourth-order valence-corrected chi connectivity index (χ4v) is 8.68. The molecule has 1 fully saturated rings. The highest BCUT2D eigenvalue weighted by molar-refractivity contribution is 7.84. The summed E-state index contributed by atoms with van der Waals surface area (Å²) in [5, 5.41) is 55.6. The van der Waals surface area contributed by atoms with Gasteiger partial charge in [0.05, 0.1) is 59.0 Å². The fourth-order valence-electron chi connectivity index (χ4n) is 7.52. The van der Waals surface area contributed by atoms with Crippen LogP contribution in [0.3, 0.4) is 0 Å². The van der Waals surface area contributed by atoms with Crippen LogP contribution in [0.1, 0.15) is 71.0 Å². The highest BCUT2D eigenvalue weighted by Crippen LogP contribution is 2.37. The molecular formula is C44H47Cl2N3O13S. The van der Waals surface area contributed by atoms with Gasteiger partial charge >= 0.3 is 23.9 Å². The number of carboxylic acid groups (broad SMARTS) is 4. The highest BCUT2D eigenvalue weighted by atomic mass is 35.5. The number of ether oxygens (including phenoxy) is 2. The molecular weight excluding hydrogens is 881 g/mol. The molecule has 63 heavy (non-hydrogen) atoms. The number of nitriles is 1. The molecule has 1 aliphatic rings. The van der Waals surface area contributed by atoms with E-state index >= 15 is 0 Å². The van der Waals surface area contributed by atoms with Gasteiger partial charge in [-0.2, -0.15) is 5.26 Å². The molecule has 0 spiro atoms. The molecule has 4 aromatic rings. The van der Waals surface area contributed by atoms with E-state index in [2.05, 4.69) is 11.0 Å². The van der Waals surface area contributed by atoms with Gasteiger partial charge in [-0.15, -0.1) is 0 Å². The van der Waals surface area contributed by atoms with Crippen molar-refractivity contribution in [3.8, 4) is 17.6 Å². The maximum atomic E-state index is 14.4. The minimum atomic E-state index is -2.74. The number of methoxy groups -OCH3 is 2. The number of amides is 1. The lowest BCUT2D eigenvalue weighted by molar-refractivity contribution is -0.170. The molecule has 2 unspecified atom stereocenters. The Balaban J connectivity index is 0.000000580. The van der Waals surface area contributed by atoms with Crippen LogP contribution in [0.4, 0.5) is 0 Å². The van der Waals surface area contributed by atoms with E-state index in [0.29, 0.717) is 39.5 Å². The molecule has 0 aliphatic carbocycles. The standard InChI is InChI=1S/C38H39Cl2N3O6S.C6H8O7/c1-48-29-9-10-30(34(20-29)50(3)47)24-12-15-42(16-13-24)17-14-27(25-8-11-32(39)33(40)19-25)22-43(23-35(44)45)38(46)36-31-7-5-4-6-26(31)18-28(21-41)37(36)49-2;7-3(8)1-6(13,5(11)12)2-4(9)10/h4-11,18-20,24,27H,12-17,22-23H2,1-3H3,(H,44,45);13H,1-2H2,(H,7,8)(H,9,10)(H,11,12). The predicted octanol–water partition coefficient (Wildman–Crippen LogP) is 6.10. The zero-order valence-electron chi connectivity index (χ0n) is 34.6. The number of rotatable bonds is 18. The average Bonchev–Trinajstić information content (AvgIpc) is 3.24. The number of nitrogens with zero attached hydrogens (tertiary/aromatic N) is 3. The van der Waals surface area contributed by atoms with Crippen molar-refractivity contribution in [2.75, 3.05) is 53.2 Å². The second-order valence-electron chi connectivity index (χ2n) is 14.9. The molecule has 16 nitrogen and oxygen atoms in total. The van der Waals surface area contributed by atoms with Crippen molar-refractivity contribution in [2.24, 2.45) is 0 Å². The molecule has 1 heterocycles. The van der Waals surface area contributed by atoms with Gasteiger partial charge in [-0.05, 0) is 97.0 Å². The Morgan fingerprint density at radius 1 is 0.905 bits per heavy atom. The van der Waals surface area contributed by atoms with Gasteiger partial charge in [0.1, 0.15) is 24.1 Å². The summed E-state index contributed by atoms with van der Waals surface area (Å²) in [6.45, 7) is 1.85. The third-order valence-electron chi connectivity index (χ3n) is 10.6. The molecule has 0 aromatic heterocycles. The first-order valence-electron chi connectivity index (χ1n) is 19.4. The van der Waals surface area contributed by atoms with Gasteiger partial charge in [0.25, 0.3) is 5.91 Å². The minimum Gasteiger partial charge on any atom is -0.497 e. The molecule has 1 amide bonds. The van der Waals surface area contributed by atoms with Crippen molar-refractivity contribution in [2.45, 2.75) is 54.4 Å². The molecule has 5 N–H and O–H groups in total. The Bertz CT molecular complexity index is 2400. The predicted molar refractivity (Wildman–Crippen MR) is 233 cm³/mol. The third kappa shape index (κ3) is 13.1. The lowest BCUT2D eigenvalue weighted by atomic mass is 9.88. The van der Waals surface area contributed by atoms with Crippen LogP contribution >= 0.6 is 23.2 Å². The summed E-state index contributed by atoms with van der Waals surface area (Å²) in [6, 6.07) is 22.1. The van der Waals surface area contributed by atoms with Gasteiger partial charge in [-0.1, -0.05) is 59.6 Å². The first-order chi connectivity index (χ1) is 29.8. The van der Waals surface area contributed by atoms with E-state index in [9.17, 15) is 38.6 Å². The normalized spacial score (nSPS) is 14.0. The molecule has 0 bridgehead atoms. The van der Waals surface area contributed by atoms with Crippen molar-refractivity contribution in [3.63, 3.8) is 0 Å². The summed E-state index contributed by atoms with van der Waals surface area (Å²) in [6.07, 6.45) is 1.78. The van der Waals surface area contributed by atoms with Crippen molar-refractivity contribution < 1.29 is 63.2 Å². The highest BCUT2D eigenvalue weighted by Gasteiger charge is 2.41. The summed E-state index contributed by atoms with van der Waals surface area (Å²) < 4.78 is 23.5. The summed E-state index contributed by atoms with van der Waals surface area (Å²) in [4.78, 5) is 61.6. The van der Waals surface area contributed by atoms with E-state index in [1.54, 1.807) is 49.8 Å². The molecule has 2 atom stereocenters. The molecule has 0 saturated carbocycles. The van der Waals surface area contributed by atoms with Crippen LogP contribution in [0.25, 0.3) is 10.8 Å². The third-order valence-corrected chi connectivity index (χ3v) is 12.4. The van der Waals surface area contributed by atoms with Gasteiger partial charge in [-0.3, -0.25) is 23.4 Å². The van der Waals surface area contributed by atoms with E-state index in [1.807, 2.05) is 30.3 Å². The molecule has 336 valence electrons. The Kier molecular flexibility index (Phi) is 17.8. The van der Waals surface area contributed by atoms with E-state index in [-0.39, 0.29) is 35.3 Å². The smallest absolute Gasteiger partial charge is 0.336 e. The number of likely N-dealkylation sites (tertiary alicyclic amines) is 1. The molecule has 1 aliphatic heterocycles. The van der Waals surface area contributed by atoms with Crippen LogP contribution in [0.5, 0.6) is 11.5 Å². The first kappa shape index (κ1) is 49.9. The number of hydrogen-bond donors (Lipinski definition) is 5. The average molecular weight is 929 g/mol. The van der Waals surface area contributed by atoms with Crippen LogP contribution in [-0.2, 0) is 30.0 Å². The zero-order valence-corrected chi connectivity index (χ0v) is 36.9. The van der Waals surface area contributed by atoms with Crippen LogP contribution in [0.15, 0.2) is 71.6 Å². The summed E-state index contributed by atoms with van der Waals surface area (Å²) in [5.74, 6) is -5.98. The number of piperidine rings is 1. The van der Waals surface area contributed by atoms with Crippen LogP contribution < -0.4 is 9.47 Å². The number of carbonyl (C=O) groups excluding carboxylic acids is 1. The molecule has 1 saturated heterocycles. The van der Waals surface area contributed by atoms with Crippen LogP contribution in [0, 0.1) is 11.3 Å². The molecule has 5 rings (SSSR count). The molecule has 4 aromatic carbocycles. The Hall–Kier alpha value is -5.77. The van der Waals surface area contributed by atoms with Gasteiger partial charge in [0.2, 0.25) is 0 Å². The van der Waals surface area contributed by atoms with Gasteiger partial charge in [-0.25, -0.2) is 4.79 Å². The number of aliphatic hydroxyl groups is 1. The minimum absolute atomic E-state index is 0.0747. The maximum Gasteiger partial charge on any atom is 0.336 e. The fraction of sp³-hybridized carbons (Fsp3) is 0.364. The Morgan fingerprint density at radius 2 is 1.56 bits per heavy atom.